The van der Waals surface area contributed by atoms with E-state index >= 15 is 0 Å². The molecule has 0 aromatic heterocycles. The number of halogens is 1. The Kier molecular flexibility index (Phi) is 5.98. The van der Waals surface area contributed by atoms with E-state index in [4.69, 9.17) is 16.3 Å². The Morgan fingerprint density at radius 1 is 1.21 bits per heavy atom. The van der Waals surface area contributed by atoms with E-state index in [1.807, 2.05) is 6.92 Å². The molecule has 3 rings (SSSR count). The number of aryl methyl sites for hydroxylation is 2. The Morgan fingerprint density at radius 3 is 2.61 bits per heavy atom. The van der Waals surface area contributed by atoms with Crippen LogP contribution in [0.25, 0.3) is 0 Å². The summed E-state index contributed by atoms with van der Waals surface area (Å²) in [6, 6.07) is 9.11. The fraction of sp³-hybridized carbons (Fsp3) is 0.350. The SMILES string of the molecule is CCOc1cc(C)c(S(=O)(=O)N2CCNC(=O)C2c2ccccc2Cl)cc1C. The van der Waals surface area contributed by atoms with Gasteiger partial charge in [0, 0.05) is 18.1 Å². The molecule has 1 N–H and O–H groups in total. The largest absolute Gasteiger partial charge is 0.494 e. The lowest BCUT2D eigenvalue weighted by atomic mass is 10.0. The lowest BCUT2D eigenvalue weighted by molar-refractivity contribution is -0.126. The van der Waals surface area contributed by atoms with Gasteiger partial charge in [-0.2, -0.15) is 4.31 Å². The van der Waals surface area contributed by atoms with Crippen molar-refractivity contribution in [1.82, 2.24) is 9.62 Å². The number of hydrogen-bond acceptors (Lipinski definition) is 4. The van der Waals surface area contributed by atoms with Gasteiger partial charge in [-0.15, -0.1) is 0 Å². The first-order chi connectivity index (χ1) is 13.3. The number of nitrogens with one attached hydrogen (secondary N) is 1. The van der Waals surface area contributed by atoms with Gasteiger partial charge in [0.05, 0.1) is 11.5 Å². The molecule has 1 unspecified atom stereocenters. The molecule has 2 aromatic rings. The molecule has 1 fully saturated rings. The van der Waals surface area contributed by atoms with E-state index in [-0.39, 0.29) is 23.9 Å². The van der Waals surface area contributed by atoms with Gasteiger partial charge in [0.25, 0.3) is 0 Å². The zero-order valence-electron chi connectivity index (χ0n) is 16.0. The molecule has 1 aliphatic heterocycles. The first kappa shape index (κ1) is 20.6. The van der Waals surface area contributed by atoms with Gasteiger partial charge in [0.2, 0.25) is 15.9 Å². The summed E-state index contributed by atoms with van der Waals surface area (Å²) in [5.74, 6) is 0.265. The Labute approximate surface area is 170 Å². The minimum Gasteiger partial charge on any atom is -0.494 e. The van der Waals surface area contributed by atoms with E-state index in [9.17, 15) is 13.2 Å². The summed E-state index contributed by atoms with van der Waals surface area (Å²) >= 11 is 6.28. The number of carbonyl (C=O) groups excluding carboxylic acids is 1. The number of ether oxygens (including phenoxy) is 1. The van der Waals surface area contributed by atoms with Gasteiger partial charge in [-0.05, 0) is 55.7 Å². The minimum atomic E-state index is -3.94. The van der Waals surface area contributed by atoms with Gasteiger partial charge in [-0.25, -0.2) is 8.42 Å². The standard InChI is InChI=1S/C20H23ClN2O4S/c1-4-27-17-11-14(3)18(12-13(17)2)28(25,26)23-10-9-22-20(24)19(23)15-7-5-6-8-16(15)21/h5-8,11-12,19H,4,9-10H2,1-3H3,(H,22,24). The molecule has 28 heavy (non-hydrogen) atoms. The predicted octanol–water partition coefficient (Wildman–Crippen LogP) is 3.22. The average molecular weight is 423 g/mol. The van der Waals surface area contributed by atoms with Crippen LogP contribution >= 0.6 is 11.6 Å². The third kappa shape index (κ3) is 3.74. The van der Waals surface area contributed by atoms with Gasteiger partial charge in [-0.3, -0.25) is 4.79 Å². The molecule has 150 valence electrons. The number of amides is 1. The Balaban J connectivity index is 2.10. The molecular formula is C20H23ClN2O4S. The summed E-state index contributed by atoms with van der Waals surface area (Å²) in [6.07, 6.45) is 0. The Bertz CT molecular complexity index is 1010. The van der Waals surface area contributed by atoms with E-state index in [1.54, 1.807) is 50.2 Å². The van der Waals surface area contributed by atoms with Gasteiger partial charge < -0.3 is 10.1 Å². The number of benzene rings is 2. The van der Waals surface area contributed by atoms with E-state index in [0.717, 1.165) is 5.56 Å². The van der Waals surface area contributed by atoms with Crippen LogP contribution in [0.1, 0.15) is 29.7 Å². The number of piperazine rings is 1. The lowest BCUT2D eigenvalue weighted by Gasteiger charge is -2.35. The van der Waals surface area contributed by atoms with Crippen LogP contribution in [0, 0.1) is 13.8 Å². The zero-order chi connectivity index (χ0) is 20.5. The van der Waals surface area contributed by atoms with Crippen molar-refractivity contribution in [3.05, 3.63) is 58.1 Å². The maximum Gasteiger partial charge on any atom is 0.244 e. The summed E-state index contributed by atoms with van der Waals surface area (Å²) in [4.78, 5) is 12.8. The second kappa shape index (κ2) is 8.11. The number of carbonyl (C=O) groups is 1. The summed E-state index contributed by atoms with van der Waals surface area (Å²) in [5.41, 5.74) is 1.75. The fourth-order valence-corrected chi connectivity index (χ4v) is 5.48. The molecule has 1 heterocycles. The zero-order valence-corrected chi connectivity index (χ0v) is 17.6. The van der Waals surface area contributed by atoms with Crippen molar-refractivity contribution in [3.63, 3.8) is 0 Å². The molecule has 0 aliphatic carbocycles. The molecule has 1 atom stereocenters. The second-order valence-corrected chi connectivity index (χ2v) is 8.91. The van der Waals surface area contributed by atoms with Crippen molar-refractivity contribution < 1.29 is 17.9 Å². The number of hydrogen-bond donors (Lipinski definition) is 1. The first-order valence-electron chi connectivity index (χ1n) is 9.05. The summed E-state index contributed by atoms with van der Waals surface area (Å²) in [7, 11) is -3.94. The van der Waals surface area contributed by atoms with Crippen molar-refractivity contribution in [2.45, 2.75) is 31.7 Å². The monoisotopic (exact) mass is 422 g/mol. The van der Waals surface area contributed by atoms with E-state index < -0.39 is 16.1 Å². The molecule has 0 radical (unpaired) electrons. The van der Waals surface area contributed by atoms with E-state index in [0.29, 0.717) is 28.5 Å². The molecule has 0 spiro atoms. The van der Waals surface area contributed by atoms with Crippen LogP contribution in [0.4, 0.5) is 0 Å². The molecule has 1 amide bonds. The highest BCUT2D eigenvalue weighted by Crippen LogP contribution is 2.35. The third-order valence-electron chi connectivity index (χ3n) is 4.73. The molecule has 1 saturated heterocycles. The van der Waals surface area contributed by atoms with Crippen molar-refractivity contribution in [3.8, 4) is 5.75 Å². The topological polar surface area (TPSA) is 75.7 Å². The average Bonchev–Trinajstić information content (AvgIpc) is 2.65. The van der Waals surface area contributed by atoms with Crippen LogP contribution in [-0.2, 0) is 14.8 Å². The maximum absolute atomic E-state index is 13.5. The third-order valence-corrected chi connectivity index (χ3v) is 7.08. The minimum absolute atomic E-state index is 0.162. The molecule has 8 heteroatoms. The van der Waals surface area contributed by atoms with Gasteiger partial charge in [-0.1, -0.05) is 29.8 Å². The number of nitrogens with zero attached hydrogens (tertiary/aromatic N) is 1. The molecule has 0 bridgehead atoms. The van der Waals surface area contributed by atoms with Crippen molar-refractivity contribution in [2.75, 3.05) is 19.7 Å². The van der Waals surface area contributed by atoms with Crippen molar-refractivity contribution >= 4 is 27.5 Å². The summed E-state index contributed by atoms with van der Waals surface area (Å²) in [6.45, 7) is 6.30. The van der Waals surface area contributed by atoms with Crippen LogP contribution in [0.5, 0.6) is 5.75 Å². The Morgan fingerprint density at radius 2 is 1.93 bits per heavy atom. The number of sulfonamides is 1. The normalized spacial score (nSPS) is 18.0. The number of rotatable bonds is 5. The Hall–Kier alpha value is -2.09. The highest BCUT2D eigenvalue weighted by molar-refractivity contribution is 7.89. The summed E-state index contributed by atoms with van der Waals surface area (Å²) < 4.78 is 33.9. The van der Waals surface area contributed by atoms with Crippen LogP contribution in [-0.4, -0.2) is 38.3 Å². The molecule has 1 aliphatic rings. The lowest BCUT2D eigenvalue weighted by Crippen LogP contribution is -2.52. The smallest absolute Gasteiger partial charge is 0.244 e. The van der Waals surface area contributed by atoms with Gasteiger partial charge in [0.15, 0.2) is 0 Å². The van der Waals surface area contributed by atoms with Crippen LogP contribution in [0.3, 0.4) is 0 Å². The van der Waals surface area contributed by atoms with Crippen LogP contribution in [0.2, 0.25) is 5.02 Å². The highest BCUT2D eigenvalue weighted by atomic mass is 35.5. The van der Waals surface area contributed by atoms with E-state index in [2.05, 4.69) is 5.32 Å². The summed E-state index contributed by atoms with van der Waals surface area (Å²) in [5, 5.41) is 3.09. The second-order valence-electron chi connectivity index (χ2n) is 6.65. The molecule has 2 aromatic carbocycles. The maximum atomic E-state index is 13.5. The molecule has 6 nitrogen and oxygen atoms in total. The molecular weight excluding hydrogens is 400 g/mol. The van der Waals surface area contributed by atoms with Gasteiger partial charge in [0.1, 0.15) is 11.8 Å². The quantitative estimate of drug-likeness (QED) is 0.802. The van der Waals surface area contributed by atoms with Crippen LogP contribution < -0.4 is 10.1 Å². The van der Waals surface area contributed by atoms with Crippen molar-refractivity contribution in [2.24, 2.45) is 0 Å². The highest BCUT2D eigenvalue weighted by Gasteiger charge is 2.41. The fourth-order valence-electron chi connectivity index (χ4n) is 3.38. The van der Waals surface area contributed by atoms with Gasteiger partial charge >= 0.3 is 0 Å². The van der Waals surface area contributed by atoms with E-state index in [1.165, 1.54) is 4.31 Å². The first-order valence-corrected chi connectivity index (χ1v) is 10.9. The van der Waals surface area contributed by atoms with Crippen LogP contribution in [0.15, 0.2) is 41.3 Å². The predicted molar refractivity (Wildman–Crippen MR) is 108 cm³/mol. The molecule has 0 saturated carbocycles. The van der Waals surface area contributed by atoms with Crippen molar-refractivity contribution in [1.29, 1.82) is 0 Å².